The van der Waals surface area contributed by atoms with Crippen LogP contribution in [0.25, 0.3) is 0 Å². The van der Waals surface area contributed by atoms with Crippen molar-refractivity contribution in [2.24, 2.45) is 5.10 Å². The number of hydrogen-bond acceptors (Lipinski definition) is 7. The van der Waals surface area contributed by atoms with E-state index in [4.69, 9.17) is 19.3 Å². The van der Waals surface area contributed by atoms with Crippen LogP contribution in [-0.4, -0.2) is 29.9 Å². The summed E-state index contributed by atoms with van der Waals surface area (Å²) in [6.45, 7) is 0. The molecule has 5 rings (SSSR count). The Morgan fingerprint density at radius 1 is 1.06 bits per heavy atom. The molecule has 8 nitrogen and oxygen atoms in total. The van der Waals surface area contributed by atoms with E-state index in [0.29, 0.717) is 17.9 Å². The number of nitro benzene ring substituents is 1. The van der Waals surface area contributed by atoms with Crippen LogP contribution in [0, 0.1) is 10.1 Å². The molecule has 8 heteroatoms. The molecule has 0 aromatic heterocycles. The lowest BCUT2D eigenvalue weighted by molar-refractivity contribution is -0.384. The van der Waals surface area contributed by atoms with Crippen molar-refractivity contribution < 1.29 is 19.1 Å². The summed E-state index contributed by atoms with van der Waals surface area (Å²) in [4.78, 5) is 10.7. The minimum Gasteiger partial charge on any atom is -0.497 e. The van der Waals surface area contributed by atoms with E-state index < -0.39 is 11.2 Å². The van der Waals surface area contributed by atoms with E-state index in [2.05, 4.69) is 0 Å². The molecule has 0 amide bonds. The van der Waals surface area contributed by atoms with Crippen molar-refractivity contribution in [3.63, 3.8) is 0 Å². The van der Waals surface area contributed by atoms with Gasteiger partial charge in [0.2, 0.25) is 6.23 Å². The zero-order valence-corrected chi connectivity index (χ0v) is 17.6. The smallest absolute Gasteiger partial charge is 0.269 e. The fourth-order valence-corrected chi connectivity index (χ4v) is 4.20. The van der Waals surface area contributed by atoms with Crippen LogP contribution in [-0.2, 0) is 0 Å². The molecule has 0 saturated heterocycles. The van der Waals surface area contributed by atoms with Gasteiger partial charge in [0.25, 0.3) is 5.69 Å². The number of nitrogens with zero attached hydrogens (tertiary/aromatic N) is 3. The van der Waals surface area contributed by atoms with Crippen LogP contribution in [0.15, 0.2) is 71.8 Å². The fourth-order valence-electron chi connectivity index (χ4n) is 4.20. The number of ether oxygens (including phenoxy) is 3. The highest BCUT2D eigenvalue weighted by atomic mass is 16.6. The van der Waals surface area contributed by atoms with Crippen molar-refractivity contribution in [1.82, 2.24) is 5.01 Å². The minimum atomic E-state index is -0.548. The summed E-state index contributed by atoms with van der Waals surface area (Å²) < 4.78 is 17.3. The number of hydrazone groups is 1. The number of non-ortho nitro benzene ring substituents is 1. The Morgan fingerprint density at radius 3 is 2.56 bits per heavy atom. The van der Waals surface area contributed by atoms with E-state index in [1.807, 2.05) is 47.5 Å². The lowest BCUT2D eigenvalue weighted by Crippen LogP contribution is -2.33. The molecule has 0 N–H and O–H groups in total. The van der Waals surface area contributed by atoms with Crippen molar-refractivity contribution in [2.45, 2.75) is 18.7 Å². The third-order valence-electron chi connectivity index (χ3n) is 5.79. The molecule has 0 spiro atoms. The standard InChI is InChI=1S/C24H21N3O5/c1-30-18-6-3-5-16(13-18)20-14-21-19-7-4-8-22(31-2)23(19)32-24(26(21)25-20)15-9-11-17(12-10-15)27(28)29/h3-13,21,24H,14H2,1-2H3/t21-,24-/m1/s1. The van der Waals surface area contributed by atoms with E-state index in [-0.39, 0.29) is 11.7 Å². The first-order chi connectivity index (χ1) is 15.6. The van der Waals surface area contributed by atoms with Crippen LogP contribution in [0.5, 0.6) is 17.2 Å². The maximum absolute atomic E-state index is 11.1. The Balaban J connectivity index is 1.59. The molecule has 3 aromatic carbocycles. The number of fused-ring (bicyclic) bond motifs is 3. The van der Waals surface area contributed by atoms with E-state index in [1.165, 1.54) is 12.1 Å². The highest BCUT2D eigenvalue weighted by Crippen LogP contribution is 2.50. The zero-order valence-electron chi connectivity index (χ0n) is 17.6. The van der Waals surface area contributed by atoms with Crippen LogP contribution in [0.3, 0.4) is 0 Å². The van der Waals surface area contributed by atoms with Crippen molar-refractivity contribution >= 4 is 11.4 Å². The van der Waals surface area contributed by atoms with E-state index >= 15 is 0 Å². The van der Waals surface area contributed by atoms with Crippen LogP contribution < -0.4 is 14.2 Å². The van der Waals surface area contributed by atoms with Gasteiger partial charge in [0.05, 0.1) is 30.9 Å². The molecule has 2 heterocycles. The summed E-state index contributed by atoms with van der Waals surface area (Å²) in [6.07, 6.45) is 0.132. The third kappa shape index (κ3) is 3.30. The van der Waals surface area contributed by atoms with Gasteiger partial charge in [0, 0.05) is 35.2 Å². The van der Waals surface area contributed by atoms with Gasteiger partial charge in [-0.25, -0.2) is 5.01 Å². The highest BCUT2D eigenvalue weighted by Gasteiger charge is 2.42. The highest BCUT2D eigenvalue weighted by molar-refractivity contribution is 6.02. The number of nitro groups is 1. The lowest BCUT2D eigenvalue weighted by Gasteiger charge is -2.38. The van der Waals surface area contributed by atoms with Gasteiger partial charge in [0.1, 0.15) is 5.75 Å². The summed E-state index contributed by atoms with van der Waals surface area (Å²) in [7, 11) is 3.25. The monoisotopic (exact) mass is 431 g/mol. The number of rotatable bonds is 5. The Labute approximate surface area is 184 Å². The Bertz CT molecular complexity index is 1210. The van der Waals surface area contributed by atoms with Gasteiger partial charge in [0.15, 0.2) is 11.5 Å². The second kappa shape index (κ2) is 7.88. The largest absolute Gasteiger partial charge is 0.497 e. The Kier molecular flexibility index (Phi) is 4.89. The second-order valence-corrected chi connectivity index (χ2v) is 7.58. The fraction of sp³-hybridized carbons (Fsp3) is 0.208. The van der Waals surface area contributed by atoms with Gasteiger partial charge in [-0.1, -0.05) is 24.3 Å². The molecule has 162 valence electrons. The minimum absolute atomic E-state index is 0.0288. The molecule has 0 radical (unpaired) electrons. The SMILES string of the molecule is COc1cccc(C2=NN3[C@H](C2)c2cccc(OC)c2O[C@@H]3c2ccc([N+](=O)[O-])cc2)c1. The van der Waals surface area contributed by atoms with Gasteiger partial charge >= 0.3 is 0 Å². The first-order valence-corrected chi connectivity index (χ1v) is 10.2. The Morgan fingerprint density at radius 2 is 1.84 bits per heavy atom. The third-order valence-corrected chi connectivity index (χ3v) is 5.79. The van der Waals surface area contributed by atoms with Crippen LogP contribution in [0.4, 0.5) is 5.69 Å². The number of hydrogen-bond donors (Lipinski definition) is 0. The molecule has 0 saturated carbocycles. The first kappa shape index (κ1) is 19.9. The molecule has 2 atom stereocenters. The molecule has 32 heavy (non-hydrogen) atoms. The van der Waals surface area contributed by atoms with E-state index in [9.17, 15) is 10.1 Å². The second-order valence-electron chi connectivity index (χ2n) is 7.58. The zero-order chi connectivity index (χ0) is 22.2. The molecular weight excluding hydrogens is 410 g/mol. The quantitative estimate of drug-likeness (QED) is 0.424. The predicted octanol–water partition coefficient (Wildman–Crippen LogP) is 4.85. The van der Waals surface area contributed by atoms with Crippen LogP contribution in [0.1, 0.15) is 35.4 Å². The molecule has 0 aliphatic carbocycles. The average Bonchev–Trinajstić information content (AvgIpc) is 3.29. The maximum atomic E-state index is 11.1. The first-order valence-electron chi connectivity index (χ1n) is 10.2. The Hall–Kier alpha value is -4.07. The number of para-hydroxylation sites is 1. The van der Waals surface area contributed by atoms with E-state index in [1.54, 1.807) is 26.4 Å². The molecule has 3 aromatic rings. The molecule has 2 aliphatic heterocycles. The average molecular weight is 431 g/mol. The number of benzene rings is 3. The summed E-state index contributed by atoms with van der Waals surface area (Å²) in [5, 5.41) is 17.9. The van der Waals surface area contributed by atoms with Crippen LogP contribution >= 0.6 is 0 Å². The summed E-state index contributed by atoms with van der Waals surface area (Å²) in [5.74, 6) is 2.07. The van der Waals surface area contributed by atoms with Gasteiger partial charge < -0.3 is 14.2 Å². The summed E-state index contributed by atoms with van der Waals surface area (Å²) in [5.41, 5.74) is 3.68. The predicted molar refractivity (Wildman–Crippen MR) is 118 cm³/mol. The normalized spacial score (nSPS) is 18.8. The molecule has 0 unspecified atom stereocenters. The lowest BCUT2D eigenvalue weighted by atomic mass is 9.95. The van der Waals surface area contributed by atoms with Crippen molar-refractivity contribution in [3.8, 4) is 17.2 Å². The molecule has 0 fully saturated rings. The van der Waals surface area contributed by atoms with Gasteiger partial charge in [-0.05, 0) is 30.3 Å². The maximum Gasteiger partial charge on any atom is 0.269 e. The summed E-state index contributed by atoms with van der Waals surface area (Å²) >= 11 is 0. The van der Waals surface area contributed by atoms with Crippen molar-refractivity contribution in [1.29, 1.82) is 0 Å². The van der Waals surface area contributed by atoms with Crippen molar-refractivity contribution in [2.75, 3.05) is 14.2 Å². The molecule has 2 aliphatic rings. The number of methoxy groups -OCH3 is 2. The molecule has 0 bridgehead atoms. The van der Waals surface area contributed by atoms with Gasteiger partial charge in [-0.3, -0.25) is 10.1 Å². The van der Waals surface area contributed by atoms with Crippen LogP contribution in [0.2, 0.25) is 0 Å². The van der Waals surface area contributed by atoms with Crippen molar-refractivity contribution in [3.05, 3.63) is 93.5 Å². The topological polar surface area (TPSA) is 86.4 Å². The summed E-state index contributed by atoms with van der Waals surface area (Å²) in [6, 6.07) is 19.9. The van der Waals surface area contributed by atoms with E-state index in [0.717, 1.165) is 28.2 Å². The molecular formula is C24H21N3O5. The van der Waals surface area contributed by atoms with Gasteiger partial charge in [-0.15, -0.1) is 0 Å². The van der Waals surface area contributed by atoms with Gasteiger partial charge in [-0.2, -0.15) is 5.10 Å².